The van der Waals surface area contributed by atoms with Gasteiger partial charge in [0.05, 0.1) is 15.6 Å². The Morgan fingerprint density at radius 1 is 1.35 bits per heavy atom. The Morgan fingerprint density at radius 3 is 2.94 bits per heavy atom. The number of imidazole rings is 1. The molecule has 0 amide bonds. The van der Waals surface area contributed by atoms with Crippen LogP contribution in [0.5, 0.6) is 0 Å². The molecular weight excluding hydrogens is 256 g/mol. The second kappa shape index (κ2) is 4.14. The van der Waals surface area contributed by atoms with Crippen LogP contribution < -0.4 is 0 Å². The van der Waals surface area contributed by atoms with E-state index in [-0.39, 0.29) is 0 Å². The van der Waals surface area contributed by atoms with E-state index in [0.29, 0.717) is 10.7 Å². The van der Waals surface area contributed by atoms with Crippen molar-refractivity contribution in [2.45, 2.75) is 6.10 Å². The van der Waals surface area contributed by atoms with Gasteiger partial charge in [0.25, 0.3) is 0 Å². The van der Waals surface area contributed by atoms with Crippen molar-refractivity contribution < 1.29 is 5.11 Å². The van der Waals surface area contributed by atoms with Gasteiger partial charge >= 0.3 is 0 Å². The van der Waals surface area contributed by atoms with Crippen LogP contribution in [0.4, 0.5) is 0 Å². The predicted molar refractivity (Wildman–Crippen MR) is 68.6 cm³/mol. The monoisotopic (exact) mass is 264 g/mol. The van der Waals surface area contributed by atoms with Crippen molar-refractivity contribution in [1.82, 2.24) is 9.38 Å². The van der Waals surface area contributed by atoms with Gasteiger partial charge < -0.3 is 9.51 Å². The van der Waals surface area contributed by atoms with Crippen LogP contribution in [-0.4, -0.2) is 14.5 Å². The number of hydrogen-bond donors (Lipinski definition) is 1. The number of halogens is 1. The fraction of sp³-hybridized carbons (Fsp3) is 0.0833. The summed E-state index contributed by atoms with van der Waals surface area (Å²) < 4.78 is 1.88. The Labute approximate surface area is 107 Å². The lowest BCUT2D eigenvalue weighted by molar-refractivity contribution is 0.220. The third kappa shape index (κ3) is 1.84. The van der Waals surface area contributed by atoms with Crippen molar-refractivity contribution >= 4 is 28.6 Å². The molecule has 86 valence electrons. The fourth-order valence-corrected chi connectivity index (χ4v) is 2.88. The van der Waals surface area contributed by atoms with Gasteiger partial charge in [0.15, 0.2) is 0 Å². The molecule has 3 aromatic rings. The molecule has 0 radical (unpaired) electrons. The Balaban J connectivity index is 2.07. The molecule has 0 aliphatic heterocycles. The zero-order valence-electron chi connectivity index (χ0n) is 8.75. The predicted octanol–water partition coefficient (Wildman–Crippen LogP) is 3.13. The SMILES string of the molecule is OC(c1cn2ccccc2n1)c1sccc1Cl. The Hall–Kier alpha value is -1.36. The van der Waals surface area contributed by atoms with E-state index in [1.165, 1.54) is 11.3 Å². The zero-order valence-corrected chi connectivity index (χ0v) is 10.3. The summed E-state index contributed by atoms with van der Waals surface area (Å²) in [6.45, 7) is 0. The minimum atomic E-state index is -0.762. The van der Waals surface area contributed by atoms with Gasteiger partial charge in [-0.2, -0.15) is 0 Å². The standard InChI is InChI=1S/C12H9ClN2OS/c13-8-4-6-17-12(8)11(16)9-7-15-5-2-1-3-10(15)14-9/h1-7,11,16H. The molecule has 5 heteroatoms. The van der Waals surface area contributed by atoms with Gasteiger partial charge in [-0.05, 0) is 23.6 Å². The minimum Gasteiger partial charge on any atom is -0.381 e. The summed E-state index contributed by atoms with van der Waals surface area (Å²) in [5.74, 6) is 0. The highest BCUT2D eigenvalue weighted by atomic mass is 35.5. The van der Waals surface area contributed by atoms with Crippen LogP contribution in [0.15, 0.2) is 42.0 Å². The first-order valence-corrected chi connectivity index (χ1v) is 6.36. The number of hydrogen-bond acceptors (Lipinski definition) is 3. The average molecular weight is 265 g/mol. The Morgan fingerprint density at radius 2 is 2.24 bits per heavy atom. The summed E-state index contributed by atoms with van der Waals surface area (Å²) in [5, 5.41) is 12.7. The molecule has 0 saturated carbocycles. The lowest BCUT2D eigenvalue weighted by Gasteiger charge is -2.04. The molecule has 17 heavy (non-hydrogen) atoms. The van der Waals surface area contributed by atoms with Crippen LogP contribution in [0.25, 0.3) is 5.65 Å². The highest BCUT2D eigenvalue weighted by Crippen LogP contribution is 2.32. The van der Waals surface area contributed by atoms with E-state index in [0.717, 1.165) is 10.5 Å². The van der Waals surface area contributed by atoms with E-state index in [2.05, 4.69) is 4.98 Å². The number of aliphatic hydroxyl groups is 1. The number of pyridine rings is 1. The van der Waals surface area contributed by atoms with Crippen LogP contribution in [-0.2, 0) is 0 Å². The average Bonchev–Trinajstić information content (AvgIpc) is 2.93. The molecule has 0 saturated heterocycles. The molecule has 1 N–H and O–H groups in total. The van der Waals surface area contributed by atoms with Crippen LogP contribution in [0.1, 0.15) is 16.7 Å². The smallest absolute Gasteiger partial charge is 0.137 e. The molecule has 3 nitrogen and oxygen atoms in total. The third-order valence-electron chi connectivity index (χ3n) is 2.56. The maximum Gasteiger partial charge on any atom is 0.137 e. The van der Waals surface area contributed by atoms with E-state index in [4.69, 9.17) is 11.6 Å². The Bertz CT molecular complexity index is 628. The summed E-state index contributed by atoms with van der Waals surface area (Å²) in [6.07, 6.45) is 2.95. The van der Waals surface area contributed by atoms with Crippen molar-refractivity contribution in [1.29, 1.82) is 0 Å². The molecule has 3 aromatic heterocycles. The third-order valence-corrected chi connectivity index (χ3v) is 3.97. The quantitative estimate of drug-likeness (QED) is 0.772. The fourth-order valence-electron chi connectivity index (χ4n) is 1.72. The summed E-state index contributed by atoms with van der Waals surface area (Å²) in [5.41, 5.74) is 1.43. The maximum atomic E-state index is 10.2. The number of nitrogens with zero attached hydrogens (tertiary/aromatic N) is 2. The van der Waals surface area contributed by atoms with Gasteiger partial charge in [0, 0.05) is 12.4 Å². The van der Waals surface area contributed by atoms with Crippen LogP contribution in [0, 0.1) is 0 Å². The van der Waals surface area contributed by atoms with Gasteiger partial charge in [-0.15, -0.1) is 11.3 Å². The largest absolute Gasteiger partial charge is 0.381 e. The molecule has 3 rings (SSSR count). The molecule has 3 heterocycles. The topological polar surface area (TPSA) is 37.5 Å². The van der Waals surface area contributed by atoms with E-state index < -0.39 is 6.10 Å². The lowest BCUT2D eigenvalue weighted by Crippen LogP contribution is -1.97. The molecule has 0 bridgehead atoms. The first kappa shape index (κ1) is 10.8. The van der Waals surface area contributed by atoms with Gasteiger partial charge in [-0.25, -0.2) is 4.98 Å². The number of aromatic nitrogens is 2. The van der Waals surface area contributed by atoms with Crippen LogP contribution in [0.3, 0.4) is 0 Å². The van der Waals surface area contributed by atoms with Gasteiger partial charge in [0.1, 0.15) is 11.8 Å². The van der Waals surface area contributed by atoms with E-state index in [9.17, 15) is 5.11 Å². The second-order valence-corrected chi connectivity index (χ2v) is 5.02. The highest BCUT2D eigenvalue weighted by molar-refractivity contribution is 7.10. The molecule has 0 spiro atoms. The number of rotatable bonds is 2. The number of fused-ring (bicyclic) bond motifs is 1. The van der Waals surface area contributed by atoms with E-state index >= 15 is 0 Å². The zero-order chi connectivity index (χ0) is 11.8. The molecule has 0 fully saturated rings. The van der Waals surface area contributed by atoms with Crippen molar-refractivity contribution in [3.8, 4) is 0 Å². The first-order valence-electron chi connectivity index (χ1n) is 5.10. The van der Waals surface area contributed by atoms with Crippen molar-refractivity contribution in [3.05, 3.63) is 57.6 Å². The normalized spacial score (nSPS) is 13.1. The van der Waals surface area contributed by atoms with Crippen molar-refractivity contribution in [2.75, 3.05) is 0 Å². The molecule has 0 aliphatic carbocycles. The van der Waals surface area contributed by atoms with Gasteiger partial charge in [0.2, 0.25) is 0 Å². The molecular formula is C12H9ClN2OS. The summed E-state index contributed by atoms with van der Waals surface area (Å²) in [4.78, 5) is 5.10. The van der Waals surface area contributed by atoms with Crippen molar-refractivity contribution in [3.63, 3.8) is 0 Å². The lowest BCUT2D eigenvalue weighted by atomic mass is 10.2. The van der Waals surface area contributed by atoms with E-state index in [1.54, 1.807) is 6.07 Å². The first-order chi connectivity index (χ1) is 8.25. The summed E-state index contributed by atoms with van der Waals surface area (Å²) >= 11 is 7.43. The van der Waals surface area contributed by atoms with Crippen molar-refractivity contribution in [2.24, 2.45) is 0 Å². The number of thiophene rings is 1. The van der Waals surface area contributed by atoms with Gasteiger partial charge in [-0.1, -0.05) is 17.7 Å². The maximum absolute atomic E-state index is 10.2. The Kier molecular flexibility index (Phi) is 2.63. The van der Waals surface area contributed by atoms with Crippen LogP contribution >= 0.6 is 22.9 Å². The molecule has 1 atom stereocenters. The molecule has 0 aliphatic rings. The van der Waals surface area contributed by atoms with Crippen LogP contribution in [0.2, 0.25) is 5.02 Å². The number of aliphatic hydroxyl groups excluding tert-OH is 1. The molecule has 1 unspecified atom stereocenters. The minimum absolute atomic E-state index is 0.583. The second-order valence-electron chi connectivity index (χ2n) is 3.67. The van der Waals surface area contributed by atoms with Gasteiger partial charge in [-0.3, -0.25) is 0 Å². The summed E-state index contributed by atoms with van der Waals surface area (Å²) in [7, 11) is 0. The van der Waals surface area contributed by atoms with E-state index in [1.807, 2.05) is 40.4 Å². The molecule has 0 aromatic carbocycles. The highest BCUT2D eigenvalue weighted by Gasteiger charge is 2.18. The summed E-state index contributed by atoms with van der Waals surface area (Å²) in [6, 6.07) is 7.51.